The lowest BCUT2D eigenvalue weighted by molar-refractivity contribution is 0.0114. The van der Waals surface area contributed by atoms with Crippen molar-refractivity contribution >= 4 is 5.91 Å². The van der Waals surface area contributed by atoms with E-state index in [4.69, 9.17) is 14.2 Å². The third-order valence-corrected chi connectivity index (χ3v) is 4.54. The van der Waals surface area contributed by atoms with Gasteiger partial charge in [0.25, 0.3) is 5.91 Å². The Morgan fingerprint density at radius 3 is 2.36 bits per heavy atom. The summed E-state index contributed by atoms with van der Waals surface area (Å²) in [6.07, 6.45) is -0.846. The van der Waals surface area contributed by atoms with Crippen molar-refractivity contribution in [1.82, 2.24) is 5.32 Å². The summed E-state index contributed by atoms with van der Waals surface area (Å²) in [4.78, 5) is 12.3. The van der Waals surface area contributed by atoms with Gasteiger partial charge in [-0.25, -0.2) is 0 Å². The first-order valence-corrected chi connectivity index (χ1v) is 8.35. The Kier molecular flexibility index (Phi) is 7.19. The molecule has 25 heavy (non-hydrogen) atoms. The minimum Gasteiger partial charge on any atom is -0.497 e. The van der Waals surface area contributed by atoms with E-state index in [0.29, 0.717) is 50.5 Å². The summed E-state index contributed by atoms with van der Waals surface area (Å²) in [5, 5.41) is 22.7. The van der Waals surface area contributed by atoms with E-state index in [1.165, 1.54) is 0 Å². The summed E-state index contributed by atoms with van der Waals surface area (Å²) in [6, 6.07) is 6.83. The molecule has 1 aromatic rings. The topological polar surface area (TPSA) is 97.3 Å². The molecule has 1 unspecified atom stereocenters. The van der Waals surface area contributed by atoms with Crippen LogP contribution >= 0.6 is 0 Å². The predicted molar refractivity (Wildman–Crippen MR) is 91.7 cm³/mol. The van der Waals surface area contributed by atoms with Gasteiger partial charge in [0.1, 0.15) is 5.75 Å². The molecule has 0 aliphatic heterocycles. The lowest BCUT2D eigenvalue weighted by Crippen LogP contribution is -2.40. The predicted octanol–water partition coefficient (Wildman–Crippen LogP) is 0.590. The van der Waals surface area contributed by atoms with E-state index in [-0.39, 0.29) is 5.91 Å². The molecule has 0 aromatic heterocycles. The molecule has 7 nitrogen and oxygen atoms in total. The molecule has 0 saturated heterocycles. The van der Waals surface area contributed by atoms with Crippen LogP contribution in [0.25, 0.3) is 0 Å². The standard InChI is InChI=1S/C18H27NO6/c1-23-7-8-25-12-18(9-15(20)16(21)10-18)11-19-17(22)13-3-5-14(24-2)6-4-13/h3-6,15-16,20-21H,7-12H2,1-2H3,(H,19,22)/t15-,16+,18?. The normalized spacial score (nSPS) is 25.8. The van der Waals surface area contributed by atoms with E-state index in [9.17, 15) is 15.0 Å². The van der Waals surface area contributed by atoms with Gasteiger partial charge in [0.05, 0.1) is 39.1 Å². The van der Waals surface area contributed by atoms with E-state index in [1.54, 1.807) is 38.5 Å². The minimum atomic E-state index is -0.802. The van der Waals surface area contributed by atoms with E-state index in [1.807, 2.05) is 0 Å². The van der Waals surface area contributed by atoms with Crippen molar-refractivity contribution in [2.24, 2.45) is 5.41 Å². The fraction of sp³-hybridized carbons (Fsp3) is 0.611. The van der Waals surface area contributed by atoms with Crippen molar-refractivity contribution in [3.63, 3.8) is 0 Å². The Morgan fingerprint density at radius 1 is 1.16 bits per heavy atom. The summed E-state index contributed by atoms with van der Waals surface area (Å²) in [6.45, 7) is 1.56. The van der Waals surface area contributed by atoms with Gasteiger partial charge < -0.3 is 29.7 Å². The highest BCUT2D eigenvalue weighted by molar-refractivity contribution is 5.94. The summed E-state index contributed by atoms with van der Waals surface area (Å²) in [7, 11) is 3.16. The van der Waals surface area contributed by atoms with Gasteiger partial charge in [0.15, 0.2) is 0 Å². The van der Waals surface area contributed by atoms with E-state index < -0.39 is 17.6 Å². The highest BCUT2D eigenvalue weighted by Crippen LogP contribution is 2.38. The number of nitrogens with one attached hydrogen (secondary N) is 1. The average molecular weight is 353 g/mol. The molecule has 0 bridgehead atoms. The molecule has 1 aliphatic rings. The van der Waals surface area contributed by atoms with Crippen LogP contribution in [0.1, 0.15) is 23.2 Å². The first kappa shape index (κ1) is 19.7. The Labute approximate surface area is 147 Å². The van der Waals surface area contributed by atoms with Crippen LogP contribution in [0.2, 0.25) is 0 Å². The second-order valence-electron chi connectivity index (χ2n) is 6.50. The number of ether oxygens (including phenoxy) is 3. The van der Waals surface area contributed by atoms with Gasteiger partial charge in [-0.15, -0.1) is 0 Å². The highest BCUT2D eigenvalue weighted by Gasteiger charge is 2.44. The van der Waals surface area contributed by atoms with Crippen LogP contribution in [0, 0.1) is 5.41 Å². The molecule has 3 N–H and O–H groups in total. The number of hydrogen-bond donors (Lipinski definition) is 3. The zero-order valence-electron chi connectivity index (χ0n) is 14.7. The van der Waals surface area contributed by atoms with Gasteiger partial charge in [0.2, 0.25) is 0 Å². The van der Waals surface area contributed by atoms with Gasteiger partial charge in [-0.05, 0) is 37.1 Å². The summed E-state index contributed by atoms with van der Waals surface area (Å²) >= 11 is 0. The van der Waals surface area contributed by atoms with Crippen molar-refractivity contribution < 1.29 is 29.2 Å². The monoisotopic (exact) mass is 353 g/mol. The summed E-state index contributed by atoms with van der Waals surface area (Å²) in [5.41, 5.74) is 0.0321. The Balaban J connectivity index is 1.95. The lowest BCUT2D eigenvalue weighted by Gasteiger charge is -2.29. The largest absolute Gasteiger partial charge is 0.497 e. The number of methoxy groups -OCH3 is 2. The quantitative estimate of drug-likeness (QED) is 0.562. The fourth-order valence-electron chi connectivity index (χ4n) is 3.10. The maximum atomic E-state index is 12.3. The zero-order valence-corrected chi connectivity index (χ0v) is 14.7. The van der Waals surface area contributed by atoms with Crippen LogP contribution in [0.5, 0.6) is 5.75 Å². The van der Waals surface area contributed by atoms with Crippen LogP contribution in [-0.4, -0.2) is 68.9 Å². The van der Waals surface area contributed by atoms with Crippen molar-refractivity contribution in [3.05, 3.63) is 29.8 Å². The number of carbonyl (C=O) groups excluding carboxylic acids is 1. The molecule has 7 heteroatoms. The van der Waals surface area contributed by atoms with E-state index in [2.05, 4.69) is 5.32 Å². The molecule has 2 rings (SSSR count). The SMILES string of the molecule is COCCOCC1(CNC(=O)c2ccc(OC)cc2)C[C@@H](O)[C@@H](O)C1. The Hall–Kier alpha value is -1.67. The van der Waals surface area contributed by atoms with Gasteiger partial charge in [-0.1, -0.05) is 0 Å². The number of rotatable bonds is 9. The number of benzene rings is 1. The summed E-state index contributed by atoms with van der Waals surface area (Å²) in [5.74, 6) is 0.469. The Morgan fingerprint density at radius 2 is 1.80 bits per heavy atom. The summed E-state index contributed by atoms with van der Waals surface area (Å²) < 4.78 is 15.6. The third-order valence-electron chi connectivity index (χ3n) is 4.54. The maximum Gasteiger partial charge on any atom is 0.251 e. The smallest absolute Gasteiger partial charge is 0.251 e. The number of aliphatic hydroxyl groups excluding tert-OH is 2. The van der Waals surface area contributed by atoms with E-state index in [0.717, 1.165) is 0 Å². The Bertz CT molecular complexity index is 537. The number of carbonyl (C=O) groups is 1. The average Bonchev–Trinajstić information content (AvgIpc) is 2.91. The van der Waals surface area contributed by atoms with Crippen molar-refractivity contribution in [1.29, 1.82) is 0 Å². The van der Waals surface area contributed by atoms with Gasteiger partial charge >= 0.3 is 0 Å². The number of amides is 1. The molecule has 1 saturated carbocycles. The second kappa shape index (κ2) is 9.15. The second-order valence-corrected chi connectivity index (χ2v) is 6.50. The molecule has 1 amide bonds. The van der Waals surface area contributed by atoms with Crippen molar-refractivity contribution in [3.8, 4) is 5.75 Å². The lowest BCUT2D eigenvalue weighted by atomic mass is 9.86. The van der Waals surface area contributed by atoms with Crippen LogP contribution in [0.3, 0.4) is 0 Å². The molecule has 1 aliphatic carbocycles. The number of aliphatic hydroxyl groups is 2. The number of hydrogen-bond acceptors (Lipinski definition) is 6. The van der Waals surface area contributed by atoms with Gasteiger partial charge in [0, 0.05) is 24.6 Å². The van der Waals surface area contributed by atoms with E-state index >= 15 is 0 Å². The fourth-order valence-corrected chi connectivity index (χ4v) is 3.10. The molecule has 0 spiro atoms. The van der Waals surface area contributed by atoms with Crippen LogP contribution < -0.4 is 10.1 Å². The van der Waals surface area contributed by atoms with Crippen molar-refractivity contribution in [2.75, 3.05) is 40.6 Å². The van der Waals surface area contributed by atoms with Crippen molar-refractivity contribution in [2.45, 2.75) is 25.0 Å². The molecule has 0 heterocycles. The first-order chi connectivity index (χ1) is 12.0. The molecular weight excluding hydrogens is 326 g/mol. The molecule has 140 valence electrons. The van der Waals surface area contributed by atoms with Crippen LogP contribution in [0.15, 0.2) is 24.3 Å². The van der Waals surface area contributed by atoms with Gasteiger partial charge in [-0.2, -0.15) is 0 Å². The van der Waals surface area contributed by atoms with Gasteiger partial charge in [-0.3, -0.25) is 4.79 Å². The first-order valence-electron chi connectivity index (χ1n) is 8.35. The molecule has 1 aromatic carbocycles. The highest BCUT2D eigenvalue weighted by atomic mass is 16.5. The molecule has 1 fully saturated rings. The maximum absolute atomic E-state index is 12.3. The van der Waals surface area contributed by atoms with Crippen LogP contribution in [-0.2, 0) is 9.47 Å². The molecule has 0 radical (unpaired) electrons. The van der Waals surface area contributed by atoms with Crippen LogP contribution in [0.4, 0.5) is 0 Å². The third kappa shape index (κ3) is 5.40. The zero-order chi connectivity index (χ0) is 18.3. The molecular formula is C18H27NO6. The minimum absolute atomic E-state index is 0.213. The molecule has 3 atom stereocenters.